The van der Waals surface area contributed by atoms with Crippen molar-refractivity contribution in [2.75, 3.05) is 18.1 Å². The maximum Gasteiger partial charge on any atom is 0.0502 e. The number of hydrogen-bond donors (Lipinski definition) is 1. The second-order valence-electron chi connectivity index (χ2n) is 2.57. The minimum Gasteiger partial charge on any atom is -0.379 e. The van der Waals surface area contributed by atoms with E-state index in [4.69, 9.17) is 11.6 Å². The van der Waals surface area contributed by atoms with Crippen molar-refractivity contribution in [1.82, 2.24) is 0 Å². The Balaban J connectivity index is 2.69. The van der Waals surface area contributed by atoms with E-state index in [1.807, 2.05) is 18.2 Å². The van der Waals surface area contributed by atoms with Crippen molar-refractivity contribution in [3.63, 3.8) is 0 Å². The molecule has 0 unspecified atom stereocenters. The molecular formula is C10H12ClNS. The van der Waals surface area contributed by atoms with Gasteiger partial charge in [0.25, 0.3) is 0 Å². The molecule has 0 amide bonds. The van der Waals surface area contributed by atoms with Crippen LogP contribution in [-0.2, 0) is 0 Å². The Morgan fingerprint density at radius 1 is 1.54 bits per heavy atom. The highest BCUT2D eigenvalue weighted by Crippen LogP contribution is 2.24. The third-order valence-corrected chi connectivity index (χ3v) is 2.51. The highest BCUT2D eigenvalue weighted by Gasteiger charge is 1.98. The van der Waals surface area contributed by atoms with Crippen LogP contribution < -0.4 is 5.32 Å². The number of anilines is 1. The maximum atomic E-state index is 5.66. The quantitative estimate of drug-likeness (QED) is 0.768. The summed E-state index contributed by atoms with van der Waals surface area (Å²) in [5.74, 6) is 0. The van der Waals surface area contributed by atoms with Crippen LogP contribution in [0, 0.1) is 0 Å². The van der Waals surface area contributed by atoms with Gasteiger partial charge in [-0.05, 0) is 18.4 Å². The molecule has 0 saturated heterocycles. The van der Waals surface area contributed by atoms with Crippen molar-refractivity contribution >= 4 is 29.1 Å². The molecule has 0 heterocycles. The van der Waals surface area contributed by atoms with E-state index in [-0.39, 0.29) is 0 Å². The van der Waals surface area contributed by atoms with Crippen LogP contribution in [0.4, 0.5) is 5.69 Å². The molecule has 0 saturated carbocycles. The van der Waals surface area contributed by atoms with E-state index >= 15 is 0 Å². The molecule has 0 atom stereocenters. The zero-order valence-electron chi connectivity index (χ0n) is 7.51. The van der Waals surface area contributed by atoms with Crippen LogP contribution in [-0.4, -0.2) is 12.8 Å². The second-order valence-corrected chi connectivity index (χ2v) is 3.95. The zero-order chi connectivity index (χ0) is 9.68. The predicted molar refractivity (Wildman–Crippen MR) is 61.7 cm³/mol. The van der Waals surface area contributed by atoms with E-state index < -0.39 is 0 Å². The van der Waals surface area contributed by atoms with Crippen molar-refractivity contribution in [3.05, 3.63) is 35.9 Å². The van der Waals surface area contributed by atoms with Gasteiger partial charge in [0.05, 0.1) is 6.54 Å². The van der Waals surface area contributed by atoms with Gasteiger partial charge in [-0.2, -0.15) is 0 Å². The van der Waals surface area contributed by atoms with Gasteiger partial charge in [0.2, 0.25) is 0 Å². The van der Waals surface area contributed by atoms with Gasteiger partial charge in [0, 0.05) is 15.6 Å². The van der Waals surface area contributed by atoms with Gasteiger partial charge in [-0.1, -0.05) is 30.3 Å². The lowest BCUT2D eigenvalue weighted by Gasteiger charge is -2.08. The largest absolute Gasteiger partial charge is 0.379 e. The molecule has 0 radical (unpaired) electrons. The zero-order valence-corrected chi connectivity index (χ0v) is 9.08. The molecule has 13 heavy (non-hydrogen) atoms. The van der Waals surface area contributed by atoms with E-state index in [1.54, 1.807) is 11.8 Å². The molecule has 1 N–H and O–H groups in total. The Hall–Kier alpha value is -0.600. The smallest absolute Gasteiger partial charge is 0.0502 e. The molecule has 1 nitrogen and oxygen atoms in total. The Bertz CT molecular complexity index is 299. The number of para-hydroxylation sites is 1. The van der Waals surface area contributed by atoms with Crippen LogP contribution in [0.1, 0.15) is 0 Å². The molecular weight excluding hydrogens is 202 g/mol. The van der Waals surface area contributed by atoms with E-state index in [9.17, 15) is 0 Å². The van der Waals surface area contributed by atoms with Gasteiger partial charge in [0.15, 0.2) is 0 Å². The molecule has 0 fully saturated rings. The van der Waals surface area contributed by atoms with Crippen molar-refractivity contribution in [2.24, 2.45) is 0 Å². The van der Waals surface area contributed by atoms with E-state index in [0.29, 0.717) is 11.6 Å². The lowest BCUT2D eigenvalue weighted by molar-refractivity contribution is 1.27. The summed E-state index contributed by atoms with van der Waals surface area (Å²) in [6, 6.07) is 8.13. The van der Waals surface area contributed by atoms with Gasteiger partial charge in [-0.15, -0.1) is 11.8 Å². The number of nitrogens with one attached hydrogen (secondary N) is 1. The Kier molecular flexibility index (Phi) is 4.19. The van der Waals surface area contributed by atoms with E-state index in [2.05, 4.69) is 24.2 Å². The van der Waals surface area contributed by atoms with Crippen LogP contribution in [0.25, 0.3) is 0 Å². The average molecular weight is 214 g/mol. The number of halogens is 1. The number of rotatable bonds is 4. The van der Waals surface area contributed by atoms with Gasteiger partial charge in [0.1, 0.15) is 0 Å². The minimum absolute atomic E-state index is 0.610. The first-order chi connectivity index (χ1) is 6.24. The fourth-order valence-corrected chi connectivity index (χ4v) is 1.62. The van der Waals surface area contributed by atoms with Crippen LogP contribution in [0.2, 0.25) is 0 Å². The topological polar surface area (TPSA) is 12.0 Å². The summed E-state index contributed by atoms with van der Waals surface area (Å²) in [4.78, 5) is 1.22. The molecule has 3 heteroatoms. The van der Waals surface area contributed by atoms with Crippen molar-refractivity contribution in [1.29, 1.82) is 0 Å². The Labute approximate surface area is 88.2 Å². The fraction of sp³-hybridized carbons (Fsp3) is 0.200. The molecule has 0 aliphatic heterocycles. The van der Waals surface area contributed by atoms with E-state index in [0.717, 1.165) is 5.69 Å². The monoisotopic (exact) mass is 213 g/mol. The molecule has 1 aromatic rings. The van der Waals surface area contributed by atoms with Crippen LogP contribution >= 0.6 is 23.4 Å². The predicted octanol–water partition coefficient (Wildman–Crippen LogP) is 3.57. The SMILES string of the molecule is C=C(Cl)CNc1ccccc1SC. The number of hydrogen-bond acceptors (Lipinski definition) is 2. The Morgan fingerprint density at radius 3 is 2.85 bits per heavy atom. The normalized spacial score (nSPS) is 9.69. The standard InChI is InChI=1S/C10H12ClNS/c1-8(11)7-12-9-5-3-4-6-10(9)13-2/h3-6,12H,1,7H2,2H3. The highest BCUT2D eigenvalue weighted by molar-refractivity contribution is 7.98. The van der Waals surface area contributed by atoms with Crippen LogP contribution in [0.5, 0.6) is 0 Å². The maximum absolute atomic E-state index is 5.66. The number of benzene rings is 1. The van der Waals surface area contributed by atoms with E-state index in [1.165, 1.54) is 4.90 Å². The van der Waals surface area contributed by atoms with Crippen molar-refractivity contribution in [3.8, 4) is 0 Å². The Morgan fingerprint density at radius 2 is 2.23 bits per heavy atom. The molecule has 0 spiro atoms. The highest BCUT2D eigenvalue weighted by atomic mass is 35.5. The molecule has 1 rings (SSSR count). The minimum atomic E-state index is 0.610. The lowest BCUT2D eigenvalue weighted by atomic mass is 10.3. The van der Waals surface area contributed by atoms with Gasteiger partial charge >= 0.3 is 0 Å². The first kappa shape index (κ1) is 10.5. The molecule has 0 aromatic heterocycles. The fourth-order valence-electron chi connectivity index (χ4n) is 0.982. The van der Waals surface area contributed by atoms with Gasteiger partial charge in [-0.25, -0.2) is 0 Å². The summed E-state index contributed by atoms with van der Waals surface area (Å²) in [5, 5.41) is 3.83. The average Bonchev–Trinajstić information content (AvgIpc) is 2.15. The summed E-state index contributed by atoms with van der Waals surface area (Å²) in [7, 11) is 0. The lowest BCUT2D eigenvalue weighted by Crippen LogP contribution is -2.01. The molecule has 1 aromatic carbocycles. The third kappa shape index (κ3) is 3.33. The second kappa shape index (κ2) is 5.20. The van der Waals surface area contributed by atoms with Crippen molar-refractivity contribution < 1.29 is 0 Å². The van der Waals surface area contributed by atoms with Crippen LogP contribution in [0.3, 0.4) is 0 Å². The van der Waals surface area contributed by atoms with Crippen molar-refractivity contribution in [2.45, 2.75) is 4.90 Å². The molecule has 0 aliphatic carbocycles. The van der Waals surface area contributed by atoms with Gasteiger partial charge < -0.3 is 5.32 Å². The summed E-state index contributed by atoms with van der Waals surface area (Å²) < 4.78 is 0. The molecule has 0 aliphatic rings. The summed E-state index contributed by atoms with van der Waals surface area (Å²) in [6.45, 7) is 4.23. The number of thioether (sulfide) groups is 1. The first-order valence-corrected chi connectivity index (χ1v) is 5.54. The third-order valence-electron chi connectivity index (χ3n) is 1.58. The van der Waals surface area contributed by atoms with Crippen LogP contribution in [0.15, 0.2) is 40.8 Å². The summed E-state index contributed by atoms with van der Waals surface area (Å²) >= 11 is 7.37. The summed E-state index contributed by atoms with van der Waals surface area (Å²) in [6.07, 6.45) is 2.05. The van der Waals surface area contributed by atoms with Gasteiger partial charge in [-0.3, -0.25) is 0 Å². The molecule has 0 bridgehead atoms. The molecule has 70 valence electrons. The first-order valence-electron chi connectivity index (χ1n) is 3.94. The summed E-state index contributed by atoms with van der Waals surface area (Å²) in [5.41, 5.74) is 1.11.